The molecule has 0 atom stereocenters. The number of amides is 1. The maximum absolute atomic E-state index is 13.1. The Bertz CT molecular complexity index is 722. The number of aryl methyl sites for hydroxylation is 1. The summed E-state index contributed by atoms with van der Waals surface area (Å²) in [6.45, 7) is 1.83. The van der Waals surface area contributed by atoms with E-state index in [9.17, 15) is 9.18 Å². The molecule has 0 aliphatic carbocycles. The normalized spacial score (nSPS) is 9.90. The van der Waals surface area contributed by atoms with Crippen LogP contribution in [0.15, 0.2) is 40.9 Å². The predicted octanol–water partition coefficient (Wildman–Crippen LogP) is 4.02. The number of hydrogen-bond donors (Lipinski definition) is 1. The van der Waals surface area contributed by atoms with Crippen molar-refractivity contribution in [1.82, 2.24) is 0 Å². The molecule has 20 heavy (non-hydrogen) atoms. The van der Waals surface area contributed by atoms with Crippen LogP contribution in [-0.2, 0) is 0 Å². The SMILES string of the molecule is Cc1ccc(C#N)cc1NC(=O)c1ccc(F)c(Br)c1. The molecule has 0 spiro atoms. The first-order valence-corrected chi connectivity index (χ1v) is 6.57. The molecule has 0 aliphatic rings. The van der Waals surface area contributed by atoms with Gasteiger partial charge in [-0.15, -0.1) is 0 Å². The van der Waals surface area contributed by atoms with Crippen LogP contribution in [0, 0.1) is 24.1 Å². The third-order valence-corrected chi connectivity index (χ3v) is 3.40. The van der Waals surface area contributed by atoms with Crippen molar-refractivity contribution < 1.29 is 9.18 Å². The second-order valence-electron chi connectivity index (χ2n) is 4.22. The number of nitriles is 1. The van der Waals surface area contributed by atoms with Gasteiger partial charge >= 0.3 is 0 Å². The van der Waals surface area contributed by atoms with E-state index in [1.54, 1.807) is 18.2 Å². The lowest BCUT2D eigenvalue weighted by molar-refractivity contribution is 0.102. The molecule has 0 unspecified atom stereocenters. The number of hydrogen-bond acceptors (Lipinski definition) is 2. The highest BCUT2D eigenvalue weighted by atomic mass is 79.9. The van der Waals surface area contributed by atoms with Gasteiger partial charge in [-0.2, -0.15) is 5.26 Å². The third-order valence-electron chi connectivity index (χ3n) is 2.80. The first kappa shape index (κ1) is 14.2. The van der Waals surface area contributed by atoms with E-state index >= 15 is 0 Å². The van der Waals surface area contributed by atoms with Crippen LogP contribution in [0.1, 0.15) is 21.5 Å². The molecule has 0 radical (unpaired) electrons. The highest BCUT2D eigenvalue weighted by molar-refractivity contribution is 9.10. The van der Waals surface area contributed by atoms with Crippen molar-refractivity contribution in [3.63, 3.8) is 0 Å². The second kappa shape index (κ2) is 5.85. The zero-order valence-electron chi connectivity index (χ0n) is 10.6. The number of nitrogens with zero attached hydrogens (tertiary/aromatic N) is 1. The Morgan fingerprint density at radius 2 is 2.05 bits per heavy atom. The van der Waals surface area contributed by atoms with Crippen molar-refractivity contribution in [1.29, 1.82) is 5.26 Å². The van der Waals surface area contributed by atoms with E-state index in [1.807, 2.05) is 13.0 Å². The largest absolute Gasteiger partial charge is 0.322 e. The highest BCUT2D eigenvalue weighted by Crippen LogP contribution is 2.20. The molecule has 5 heteroatoms. The van der Waals surface area contributed by atoms with E-state index in [0.29, 0.717) is 16.8 Å². The van der Waals surface area contributed by atoms with Gasteiger partial charge in [-0.25, -0.2) is 4.39 Å². The van der Waals surface area contributed by atoms with Crippen molar-refractivity contribution in [2.75, 3.05) is 5.32 Å². The third kappa shape index (κ3) is 3.03. The second-order valence-corrected chi connectivity index (χ2v) is 5.08. The van der Waals surface area contributed by atoms with E-state index in [4.69, 9.17) is 5.26 Å². The number of benzene rings is 2. The smallest absolute Gasteiger partial charge is 0.255 e. The number of carbonyl (C=O) groups is 1. The molecule has 2 aromatic carbocycles. The van der Waals surface area contributed by atoms with Crippen molar-refractivity contribution in [2.24, 2.45) is 0 Å². The fourth-order valence-electron chi connectivity index (χ4n) is 1.66. The summed E-state index contributed by atoms with van der Waals surface area (Å²) in [5.41, 5.74) is 2.21. The minimum atomic E-state index is -0.427. The summed E-state index contributed by atoms with van der Waals surface area (Å²) in [6, 6.07) is 11.1. The maximum atomic E-state index is 13.1. The summed E-state index contributed by atoms with van der Waals surface area (Å²) < 4.78 is 13.4. The molecular weight excluding hydrogens is 323 g/mol. The van der Waals surface area contributed by atoms with Crippen LogP contribution >= 0.6 is 15.9 Å². The summed E-state index contributed by atoms with van der Waals surface area (Å²) in [5.74, 6) is -0.784. The lowest BCUT2D eigenvalue weighted by atomic mass is 10.1. The van der Waals surface area contributed by atoms with Gasteiger partial charge in [0.2, 0.25) is 0 Å². The van der Waals surface area contributed by atoms with Gasteiger partial charge in [0.15, 0.2) is 0 Å². The number of halogens is 2. The van der Waals surface area contributed by atoms with Crippen LogP contribution in [0.4, 0.5) is 10.1 Å². The quantitative estimate of drug-likeness (QED) is 0.902. The van der Waals surface area contributed by atoms with Gasteiger partial charge in [-0.05, 0) is 58.7 Å². The molecule has 0 saturated heterocycles. The van der Waals surface area contributed by atoms with Crippen LogP contribution in [-0.4, -0.2) is 5.91 Å². The molecule has 3 nitrogen and oxygen atoms in total. The topological polar surface area (TPSA) is 52.9 Å². The van der Waals surface area contributed by atoms with Gasteiger partial charge in [0.25, 0.3) is 5.91 Å². The first-order valence-electron chi connectivity index (χ1n) is 5.78. The minimum absolute atomic E-state index is 0.229. The van der Waals surface area contributed by atoms with Crippen LogP contribution in [0.2, 0.25) is 0 Å². The van der Waals surface area contributed by atoms with Crippen molar-refractivity contribution in [3.05, 3.63) is 63.4 Å². The minimum Gasteiger partial charge on any atom is -0.322 e. The van der Waals surface area contributed by atoms with Crippen LogP contribution < -0.4 is 5.32 Å². The Hall–Kier alpha value is -2.19. The van der Waals surface area contributed by atoms with Gasteiger partial charge in [0, 0.05) is 11.3 Å². The molecule has 0 fully saturated rings. The Morgan fingerprint density at radius 1 is 1.30 bits per heavy atom. The van der Waals surface area contributed by atoms with Crippen molar-refractivity contribution in [2.45, 2.75) is 6.92 Å². The molecular formula is C15H10BrFN2O. The molecule has 0 bridgehead atoms. The fraction of sp³-hybridized carbons (Fsp3) is 0.0667. The maximum Gasteiger partial charge on any atom is 0.255 e. The summed E-state index contributed by atoms with van der Waals surface area (Å²) >= 11 is 3.04. The Morgan fingerprint density at radius 3 is 2.70 bits per heavy atom. The molecule has 0 saturated carbocycles. The Balaban J connectivity index is 2.28. The lowest BCUT2D eigenvalue weighted by Gasteiger charge is -2.09. The van der Waals surface area contributed by atoms with E-state index in [2.05, 4.69) is 21.2 Å². The molecule has 1 N–H and O–H groups in total. The Kier molecular flexibility index (Phi) is 4.16. The molecule has 2 rings (SSSR count). The highest BCUT2D eigenvalue weighted by Gasteiger charge is 2.10. The van der Waals surface area contributed by atoms with Crippen molar-refractivity contribution in [3.8, 4) is 6.07 Å². The molecule has 0 aromatic heterocycles. The van der Waals surface area contributed by atoms with Crippen LogP contribution in [0.25, 0.3) is 0 Å². The van der Waals surface area contributed by atoms with E-state index < -0.39 is 5.82 Å². The molecule has 1 amide bonds. The zero-order valence-corrected chi connectivity index (χ0v) is 12.2. The summed E-state index contributed by atoms with van der Waals surface area (Å²) in [5, 5.41) is 11.6. The summed E-state index contributed by atoms with van der Waals surface area (Å²) in [7, 11) is 0. The van der Waals surface area contributed by atoms with Crippen LogP contribution in [0.3, 0.4) is 0 Å². The summed E-state index contributed by atoms with van der Waals surface area (Å²) in [4.78, 5) is 12.1. The van der Waals surface area contributed by atoms with Crippen molar-refractivity contribution >= 4 is 27.5 Å². The monoisotopic (exact) mass is 332 g/mol. The number of carbonyl (C=O) groups excluding carboxylic acids is 1. The van der Waals surface area contributed by atoms with Gasteiger partial charge < -0.3 is 5.32 Å². The number of rotatable bonds is 2. The predicted molar refractivity (Wildman–Crippen MR) is 77.9 cm³/mol. The average molecular weight is 333 g/mol. The van der Waals surface area contributed by atoms with Gasteiger partial charge in [-0.1, -0.05) is 6.07 Å². The fourth-order valence-corrected chi connectivity index (χ4v) is 2.04. The molecule has 100 valence electrons. The van der Waals surface area contributed by atoms with E-state index in [-0.39, 0.29) is 10.4 Å². The standard InChI is InChI=1S/C15H10BrFN2O/c1-9-2-3-10(8-18)6-14(9)19-15(20)11-4-5-13(17)12(16)7-11/h2-7H,1H3,(H,19,20). The zero-order chi connectivity index (χ0) is 14.7. The molecule has 2 aromatic rings. The number of anilines is 1. The van der Waals surface area contributed by atoms with Gasteiger partial charge in [0.05, 0.1) is 16.1 Å². The Labute approximate surface area is 124 Å². The number of nitrogens with one attached hydrogen (secondary N) is 1. The first-order chi connectivity index (χ1) is 9.51. The van der Waals surface area contributed by atoms with Gasteiger partial charge in [-0.3, -0.25) is 4.79 Å². The van der Waals surface area contributed by atoms with E-state index in [0.717, 1.165) is 5.56 Å². The molecule has 0 aliphatic heterocycles. The van der Waals surface area contributed by atoms with Gasteiger partial charge in [0.1, 0.15) is 5.82 Å². The van der Waals surface area contributed by atoms with E-state index in [1.165, 1.54) is 18.2 Å². The van der Waals surface area contributed by atoms with Crippen LogP contribution in [0.5, 0.6) is 0 Å². The molecule has 0 heterocycles. The average Bonchev–Trinajstić information content (AvgIpc) is 2.44. The summed E-state index contributed by atoms with van der Waals surface area (Å²) in [6.07, 6.45) is 0. The lowest BCUT2D eigenvalue weighted by Crippen LogP contribution is -2.13.